The summed E-state index contributed by atoms with van der Waals surface area (Å²) in [7, 11) is 0. The van der Waals surface area contributed by atoms with E-state index in [0.29, 0.717) is 5.02 Å². The number of halogens is 5. The molecule has 1 aliphatic carbocycles. The normalized spacial score (nSPS) is 15.0. The minimum atomic E-state index is -4.81. The highest BCUT2D eigenvalue weighted by atomic mass is 35.5. The molecule has 5 nitrogen and oxygen atoms in total. The van der Waals surface area contributed by atoms with Crippen LogP contribution in [0, 0.1) is 0 Å². The highest BCUT2D eigenvalue weighted by Gasteiger charge is 2.38. The van der Waals surface area contributed by atoms with Crippen LogP contribution in [0.1, 0.15) is 41.7 Å². The fraction of sp³-hybridized carbons (Fsp3) is 0.353. The van der Waals surface area contributed by atoms with Crippen molar-refractivity contribution in [2.75, 3.05) is 5.32 Å². The molecule has 0 bridgehead atoms. The van der Waals surface area contributed by atoms with Gasteiger partial charge >= 0.3 is 6.18 Å². The summed E-state index contributed by atoms with van der Waals surface area (Å²) in [6.45, 7) is 0. The van der Waals surface area contributed by atoms with Crippen LogP contribution in [0.3, 0.4) is 0 Å². The van der Waals surface area contributed by atoms with Crippen molar-refractivity contribution in [1.29, 1.82) is 0 Å². The van der Waals surface area contributed by atoms with Crippen molar-refractivity contribution in [1.82, 2.24) is 15.3 Å². The van der Waals surface area contributed by atoms with E-state index in [1.807, 2.05) is 0 Å². The van der Waals surface area contributed by atoms with Gasteiger partial charge in [-0.1, -0.05) is 36.0 Å². The van der Waals surface area contributed by atoms with Crippen molar-refractivity contribution >= 4 is 40.7 Å². The van der Waals surface area contributed by atoms with Crippen molar-refractivity contribution < 1.29 is 18.0 Å². The van der Waals surface area contributed by atoms with E-state index in [1.165, 1.54) is 18.2 Å². The van der Waals surface area contributed by atoms with Crippen LogP contribution in [-0.4, -0.2) is 21.9 Å². The van der Waals surface area contributed by atoms with Crippen molar-refractivity contribution in [3.63, 3.8) is 0 Å². The smallest absolute Gasteiger partial charge is 0.349 e. The van der Waals surface area contributed by atoms with E-state index in [4.69, 9.17) is 23.2 Å². The van der Waals surface area contributed by atoms with Gasteiger partial charge < -0.3 is 10.6 Å². The molecule has 1 heterocycles. The molecule has 3 rings (SSSR count). The molecular weight excluding hydrogens is 404 g/mol. The molecule has 1 saturated carbocycles. The van der Waals surface area contributed by atoms with E-state index >= 15 is 0 Å². The maximum absolute atomic E-state index is 13.4. The molecule has 0 spiro atoms. The van der Waals surface area contributed by atoms with Crippen LogP contribution in [0.4, 0.5) is 24.8 Å². The second kappa shape index (κ2) is 7.90. The average Bonchev–Trinajstić information content (AvgIpc) is 3.09. The number of hydrogen-bond donors (Lipinski definition) is 2. The first-order chi connectivity index (χ1) is 12.7. The zero-order chi connectivity index (χ0) is 19.6. The summed E-state index contributed by atoms with van der Waals surface area (Å²) >= 11 is 11.8. The minimum Gasteiger partial charge on any atom is -0.349 e. The Morgan fingerprint density at radius 1 is 1.19 bits per heavy atom. The Hall–Kier alpha value is -2.06. The summed E-state index contributed by atoms with van der Waals surface area (Å²) in [5, 5.41) is 5.80. The molecule has 10 heteroatoms. The quantitative estimate of drug-likeness (QED) is 0.714. The highest BCUT2D eigenvalue weighted by molar-refractivity contribution is 6.36. The lowest BCUT2D eigenvalue weighted by molar-refractivity contribution is -0.141. The van der Waals surface area contributed by atoms with Gasteiger partial charge in [0.25, 0.3) is 5.91 Å². The number of nitrogens with one attached hydrogen (secondary N) is 2. The summed E-state index contributed by atoms with van der Waals surface area (Å²) in [6, 6.07) is 4.31. The number of aromatic nitrogens is 2. The highest BCUT2D eigenvalue weighted by Crippen LogP contribution is 2.32. The molecule has 1 fully saturated rings. The van der Waals surface area contributed by atoms with Gasteiger partial charge in [-0.3, -0.25) is 4.79 Å². The molecule has 1 aromatic heterocycles. The van der Waals surface area contributed by atoms with Crippen LogP contribution in [0.25, 0.3) is 0 Å². The second-order valence-electron chi connectivity index (χ2n) is 6.16. The third-order valence-electron chi connectivity index (χ3n) is 4.17. The maximum Gasteiger partial charge on any atom is 0.434 e. The van der Waals surface area contributed by atoms with Gasteiger partial charge in [0.1, 0.15) is 0 Å². The molecule has 0 atom stereocenters. The molecule has 1 aromatic carbocycles. The standard InChI is InChI=1S/C17H15Cl2F3N4O/c18-9-5-6-13(12(19)7-9)25-16-23-8-11(14(26-16)17(20,21)22)15(27)24-10-3-1-2-4-10/h5-8,10H,1-4H2,(H,24,27)(H,23,25,26). The number of anilines is 2. The molecule has 2 N–H and O–H groups in total. The molecule has 144 valence electrons. The number of carbonyl (C=O) groups excluding carboxylic acids is 1. The Labute approximate surface area is 163 Å². The monoisotopic (exact) mass is 418 g/mol. The predicted molar refractivity (Wildman–Crippen MR) is 96.5 cm³/mol. The van der Waals surface area contributed by atoms with Gasteiger partial charge in [0.15, 0.2) is 5.69 Å². The van der Waals surface area contributed by atoms with Crippen LogP contribution in [-0.2, 0) is 6.18 Å². The van der Waals surface area contributed by atoms with Crippen molar-refractivity contribution in [2.24, 2.45) is 0 Å². The van der Waals surface area contributed by atoms with Crippen LogP contribution in [0.2, 0.25) is 10.0 Å². The molecule has 0 saturated heterocycles. The first-order valence-electron chi connectivity index (χ1n) is 8.21. The molecule has 0 unspecified atom stereocenters. The predicted octanol–water partition coefficient (Wildman–Crippen LogP) is 5.22. The number of alkyl halides is 3. The van der Waals surface area contributed by atoms with Gasteiger partial charge in [0.05, 0.1) is 16.3 Å². The van der Waals surface area contributed by atoms with Crippen molar-refractivity contribution in [3.8, 4) is 0 Å². The molecular formula is C17H15Cl2F3N4O. The maximum atomic E-state index is 13.4. The van der Waals surface area contributed by atoms with Gasteiger partial charge in [-0.2, -0.15) is 13.2 Å². The van der Waals surface area contributed by atoms with Crippen LogP contribution in [0.15, 0.2) is 24.4 Å². The van der Waals surface area contributed by atoms with E-state index in [-0.39, 0.29) is 22.7 Å². The number of nitrogens with zero attached hydrogens (tertiary/aromatic N) is 2. The van der Waals surface area contributed by atoms with Crippen LogP contribution >= 0.6 is 23.2 Å². The first kappa shape index (κ1) is 19.7. The van der Waals surface area contributed by atoms with Crippen molar-refractivity contribution in [2.45, 2.75) is 37.9 Å². The largest absolute Gasteiger partial charge is 0.434 e. The Balaban J connectivity index is 1.88. The van der Waals surface area contributed by atoms with E-state index < -0.39 is 23.3 Å². The summed E-state index contributed by atoms with van der Waals surface area (Å²) in [5.41, 5.74) is -1.62. The first-order valence-corrected chi connectivity index (χ1v) is 8.97. The number of hydrogen-bond acceptors (Lipinski definition) is 4. The lowest BCUT2D eigenvalue weighted by Gasteiger charge is -2.16. The Morgan fingerprint density at radius 3 is 2.52 bits per heavy atom. The van der Waals surface area contributed by atoms with Gasteiger partial charge in [0.2, 0.25) is 5.95 Å². The topological polar surface area (TPSA) is 66.9 Å². The van der Waals surface area contributed by atoms with Crippen LogP contribution in [0.5, 0.6) is 0 Å². The minimum absolute atomic E-state index is 0.121. The fourth-order valence-electron chi connectivity index (χ4n) is 2.87. The number of rotatable bonds is 4. The number of carbonyl (C=O) groups is 1. The molecule has 0 radical (unpaired) electrons. The van der Waals surface area contributed by atoms with E-state index in [1.54, 1.807) is 0 Å². The molecule has 1 amide bonds. The van der Waals surface area contributed by atoms with Crippen molar-refractivity contribution in [3.05, 3.63) is 45.7 Å². The summed E-state index contributed by atoms with van der Waals surface area (Å²) in [5.74, 6) is -1.16. The van der Waals surface area contributed by atoms with Crippen LogP contribution < -0.4 is 10.6 Å². The molecule has 2 aromatic rings. The molecule has 0 aliphatic heterocycles. The third kappa shape index (κ3) is 4.81. The average molecular weight is 419 g/mol. The Morgan fingerprint density at radius 2 is 1.89 bits per heavy atom. The van der Waals surface area contributed by atoms with Gasteiger partial charge in [-0.25, -0.2) is 9.97 Å². The molecule has 1 aliphatic rings. The molecule has 27 heavy (non-hydrogen) atoms. The lowest BCUT2D eigenvalue weighted by atomic mass is 10.1. The third-order valence-corrected chi connectivity index (χ3v) is 4.72. The Bertz CT molecular complexity index is 855. The van der Waals surface area contributed by atoms with Gasteiger partial charge in [-0.15, -0.1) is 0 Å². The summed E-state index contributed by atoms with van der Waals surface area (Å²) < 4.78 is 40.3. The zero-order valence-corrected chi connectivity index (χ0v) is 15.4. The zero-order valence-electron chi connectivity index (χ0n) is 13.9. The number of benzene rings is 1. The summed E-state index contributed by atoms with van der Waals surface area (Å²) in [6.07, 6.45) is -0.556. The SMILES string of the molecule is O=C(NC1CCCC1)c1cnc(Nc2ccc(Cl)cc2Cl)nc1C(F)(F)F. The number of amides is 1. The lowest BCUT2D eigenvalue weighted by Crippen LogP contribution is -2.34. The summed E-state index contributed by atoms with van der Waals surface area (Å²) in [4.78, 5) is 19.6. The van der Waals surface area contributed by atoms with Gasteiger partial charge in [-0.05, 0) is 31.0 Å². The van der Waals surface area contributed by atoms with E-state index in [2.05, 4.69) is 20.6 Å². The Kier molecular flexibility index (Phi) is 5.76. The van der Waals surface area contributed by atoms with E-state index in [9.17, 15) is 18.0 Å². The fourth-order valence-corrected chi connectivity index (χ4v) is 3.32. The second-order valence-corrected chi connectivity index (χ2v) is 7.00. The van der Waals surface area contributed by atoms with Gasteiger partial charge in [0, 0.05) is 17.3 Å². The van der Waals surface area contributed by atoms with E-state index in [0.717, 1.165) is 31.9 Å².